The van der Waals surface area contributed by atoms with Gasteiger partial charge in [0.1, 0.15) is 23.9 Å². The van der Waals surface area contributed by atoms with E-state index in [1.807, 2.05) is 0 Å². The van der Waals surface area contributed by atoms with Crippen LogP contribution < -0.4 is 20.1 Å². The van der Waals surface area contributed by atoms with Crippen molar-refractivity contribution in [3.05, 3.63) is 59.9 Å². The number of hydrogen-bond acceptors (Lipinski definition) is 5. The van der Waals surface area contributed by atoms with Crippen LogP contribution in [0.25, 0.3) is 0 Å². The highest BCUT2D eigenvalue weighted by atomic mass is 19.4. The Morgan fingerprint density at radius 2 is 1.34 bits per heavy atom. The molecule has 2 N–H and O–H groups in total. The molecular formula is C18H12F4N2O5. The van der Waals surface area contributed by atoms with Gasteiger partial charge in [0.2, 0.25) is 0 Å². The van der Waals surface area contributed by atoms with Gasteiger partial charge in [-0.25, -0.2) is 9.18 Å². The first-order valence-corrected chi connectivity index (χ1v) is 8.02. The van der Waals surface area contributed by atoms with Crippen molar-refractivity contribution in [3.63, 3.8) is 0 Å². The van der Waals surface area contributed by atoms with Crippen molar-refractivity contribution >= 4 is 17.8 Å². The minimum Gasteiger partial charge on any atom is -0.489 e. The van der Waals surface area contributed by atoms with E-state index in [1.54, 1.807) is 0 Å². The fourth-order valence-corrected chi connectivity index (χ4v) is 2.45. The number of carbonyl (C=O) groups is 3. The lowest BCUT2D eigenvalue weighted by Crippen LogP contribution is -2.75. The van der Waals surface area contributed by atoms with E-state index in [0.29, 0.717) is 5.56 Å². The fraction of sp³-hybridized carbons (Fsp3) is 0.167. The number of amides is 4. The third-order valence-electron chi connectivity index (χ3n) is 3.91. The number of urea groups is 1. The first kappa shape index (κ1) is 20.1. The molecule has 0 atom stereocenters. The summed E-state index contributed by atoms with van der Waals surface area (Å²) in [4.78, 5) is 34.8. The van der Waals surface area contributed by atoms with E-state index >= 15 is 0 Å². The van der Waals surface area contributed by atoms with Gasteiger partial charge in [0.15, 0.2) is 0 Å². The van der Waals surface area contributed by atoms with Crippen LogP contribution in [0, 0.1) is 5.82 Å². The van der Waals surface area contributed by atoms with Crippen molar-refractivity contribution in [3.8, 4) is 11.5 Å². The molecule has 0 aromatic heterocycles. The monoisotopic (exact) mass is 412 g/mol. The van der Waals surface area contributed by atoms with Crippen molar-refractivity contribution in [2.24, 2.45) is 0 Å². The highest BCUT2D eigenvalue weighted by Gasteiger charge is 2.71. The first-order valence-electron chi connectivity index (χ1n) is 8.02. The topological polar surface area (TPSA) is 93.7 Å². The minimum absolute atomic E-state index is 0.0693. The Labute approximate surface area is 160 Å². The molecule has 152 valence electrons. The number of benzene rings is 2. The van der Waals surface area contributed by atoms with Crippen molar-refractivity contribution in [2.75, 3.05) is 0 Å². The Morgan fingerprint density at radius 1 is 0.828 bits per heavy atom. The van der Waals surface area contributed by atoms with Crippen LogP contribution in [0.4, 0.5) is 22.4 Å². The second-order valence-electron chi connectivity index (χ2n) is 5.90. The summed E-state index contributed by atoms with van der Waals surface area (Å²) in [5.41, 5.74) is -3.26. The van der Waals surface area contributed by atoms with Gasteiger partial charge in [0.25, 0.3) is 11.8 Å². The van der Waals surface area contributed by atoms with Gasteiger partial charge in [0.05, 0.1) is 0 Å². The summed E-state index contributed by atoms with van der Waals surface area (Å²) in [5.74, 6) is -4.52. The average molecular weight is 412 g/mol. The van der Waals surface area contributed by atoms with Crippen molar-refractivity contribution in [2.45, 2.75) is 18.4 Å². The largest absolute Gasteiger partial charge is 0.489 e. The molecule has 0 unspecified atom stereocenters. The van der Waals surface area contributed by atoms with E-state index in [0.717, 1.165) is 12.1 Å². The molecule has 0 spiro atoms. The molecule has 1 aliphatic rings. The molecule has 29 heavy (non-hydrogen) atoms. The lowest BCUT2D eigenvalue weighted by molar-refractivity contribution is -0.237. The summed E-state index contributed by atoms with van der Waals surface area (Å²) >= 11 is 0. The van der Waals surface area contributed by atoms with Crippen LogP contribution in [0.3, 0.4) is 0 Å². The van der Waals surface area contributed by atoms with E-state index in [-0.39, 0.29) is 12.4 Å². The second-order valence-corrected chi connectivity index (χ2v) is 5.90. The summed E-state index contributed by atoms with van der Waals surface area (Å²) in [6.07, 6.45) is -5.44. The molecule has 2 aromatic rings. The van der Waals surface area contributed by atoms with Crippen LogP contribution in [-0.4, -0.2) is 29.6 Å². The van der Waals surface area contributed by atoms with Crippen LogP contribution in [0.5, 0.6) is 11.5 Å². The van der Waals surface area contributed by atoms with E-state index < -0.39 is 41.2 Å². The molecule has 1 fully saturated rings. The molecule has 2 aromatic carbocycles. The number of barbiturate groups is 1. The molecule has 11 heteroatoms. The number of imide groups is 2. The number of ether oxygens (including phenoxy) is 2. The third kappa shape index (κ3) is 3.98. The van der Waals surface area contributed by atoms with Crippen molar-refractivity contribution in [1.82, 2.24) is 10.6 Å². The molecule has 1 heterocycles. The minimum atomic E-state index is -5.44. The Bertz CT molecular complexity index is 922. The van der Waals surface area contributed by atoms with Gasteiger partial charge in [-0.15, -0.1) is 0 Å². The maximum atomic E-state index is 13.5. The smallest absolute Gasteiger partial charge is 0.447 e. The predicted octanol–water partition coefficient (Wildman–Crippen LogP) is 2.45. The van der Waals surface area contributed by atoms with E-state index in [2.05, 4.69) is 0 Å². The van der Waals surface area contributed by atoms with Gasteiger partial charge in [-0.1, -0.05) is 12.1 Å². The van der Waals surface area contributed by atoms with Gasteiger partial charge in [-0.05, 0) is 42.0 Å². The molecule has 0 aliphatic carbocycles. The van der Waals surface area contributed by atoms with E-state index in [1.165, 1.54) is 47.0 Å². The normalized spacial score (nSPS) is 16.1. The molecular weight excluding hydrogens is 400 g/mol. The zero-order valence-corrected chi connectivity index (χ0v) is 14.4. The molecule has 0 radical (unpaired) electrons. The van der Waals surface area contributed by atoms with Crippen LogP contribution in [0.2, 0.25) is 0 Å². The Morgan fingerprint density at radius 3 is 1.86 bits per heavy atom. The molecule has 0 saturated carbocycles. The Hall–Kier alpha value is -3.63. The quantitative estimate of drug-likeness (QED) is 0.581. The van der Waals surface area contributed by atoms with Crippen LogP contribution >= 0.6 is 0 Å². The number of carbonyl (C=O) groups excluding carboxylic acids is 3. The van der Waals surface area contributed by atoms with Gasteiger partial charge >= 0.3 is 17.8 Å². The van der Waals surface area contributed by atoms with Gasteiger partial charge in [-0.2, -0.15) is 13.2 Å². The third-order valence-corrected chi connectivity index (χ3v) is 3.91. The fourth-order valence-electron chi connectivity index (χ4n) is 2.45. The summed E-state index contributed by atoms with van der Waals surface area (Å²) in [7, 11) is 0. The maximum absolute atomic E-state index is 13.5. The molecule has 1 aliphatic heterocycles. The van der Waals surface area contributed by atoms with Gasteiger partial charge in [-0.3, -0.25) is 20.2 Å². The highest BCUT2D eigenvalue weighted by molar-refractivity contribution is 6.22. The van der Waals surface area contributed by atoms with Crippen LogP contribution in [-0.2, 0) is 16.2 Å². The molecule has 4 amide bonds. The van der Waals surface area contributed by atoms with E-state index in [9.17, 15) is 31.9 Å². The number of hydrogen-bond donors (Lipinski definition) is 2. The van der Waals surface area contributed by atoms with Gasteiger partial charge < -0.3 is 9.47 Å². The molecule has 3 rings (SSSR count). The number of rotatable bonds is 5. The average Bonchev–Trinajstić information content (AvgIpc) is 2.64. The van der Waals surface area contributed by atoms with Crippen molar-refractivity contribution in [1.29, 1.82) is 0 Å². The van der Waals surface area contributed by atoms with Crippen LogP contribution in [0.1, 0.15) is 5.56 Å². The molecule has 1 saturated heterocycles. The predicted molar refractivity (Wildman–Crippen MR) is 88.3 cm³/mol. The summed E-state index contributed by atoms with van der Waals surface area (Å²) in [6.45, 7) is 0.0693. The Balaban J connectivity index is 1.76. The van der Waals surface area contributed by atoms with Crippen molar-refractivity contribution < 1.29 is 41.4 Å². The summed E-state index contributed by atoms with van der Waals surface area (Å²) < 4.78 is 63.6. The first-order chi connectivity index (χ1) is 13.6. The highest BCUT2D eigenvalue weighted by Crippen LogP contribution is 2.37. The number of alkyl halides is 3. The molecule has 0 bridgehead atoms. The number of nitrogens with one attached hydrogen (secondary N) is 2. The molecule has 7 nitrogen and oxygen atoms in total. The second kappa shape index (κ2) is 7.41. The summed E-state index contributed by atoms with van der Waals surface area (Å²) in [6, 6.07) is 8.75. The SMILES string of the molecule is O=C1NC(=O)C(Oc2ccc(OCc3ccc(F)cc3)cc2)(C(F)(F)F)C(=O)N1. The zero-order valence-electron chi connectivity index (χ0n) is 14.4. The van der Waals surface area contributed by atoms with E-state index in [4.69, 9.17) is 9.47 Å². The Kier molecular flexibility index (Phi) is 5.14. The van der Waals surface area contributed by atoms with Crippen LogP contribution in [0.15, 0.2) is 48.5 Å². The maximum Gasteiger partial charge on any atom is 0.447 e. The zero-order chi connectivity index (χ0) is 21.2. The standard InChI is InChI=1S/C18H12F4N2O5/c19-11-3-1-10(2-4-11)9-28-12-5-7-13(8-6-12)29-17(18(20,21)22)14(25)23-16(27)24-15(17)26/h1-8H,9H2,(H2,23,24,25,26,27). The number of halogens is 4. The summed E-state index contributed by atoms with van der Waals surface area (Å²) in [5, 5.41) is 2.75. The lowest BCUT2D eigenvalue weighted by atomic mass is 9.99. The van der Waals surface area contributed by atoms with Gasteiger partial charge in [0, 0.05) is 0 Å². The lowest BCUT2D eigenvalue weighted by Gasteiger charge is -2.35.